The summed E-state index contributed by atoms with van der Waals surface area (Å²) in [6.45, 7) is 1.71. The Labute approximate surface area is 163 Å². The van der Waals surface area contributed by atoms with E-state index in [-0.39, 0.29) is 0 Å². The minimum Gasteiger partial charge on any atom is -0.445 e. The van der Waals surface area contributed by atoms with Crippen LogP contribution in [0.4, 0.5) is 0 Å². The van der Waals surface area contributed by atoms with E-state index in [0.29, 0.717) is 56.7 Å². The van der Waals surface area contributed by atoms with E-state index in [4.69, 9.17) is 18.4 Å². The quantitative estimate of drug-likeness (QED) is 0.616. The van der Waals surface area contributed by atoms with Crippen LogP contribution < -0.4 is 0 Å². The van der Waals surface area contributed by atoms with Gasteiger partial charge in [-0.25, -0.2) is 4.98 Å². The summed E-state index contributed by atoms with van der Waals surface area (Å²) >= 11 is 0. The number of nitrogens with zero attached hydrogens (tertiary/aromatic N) is 3. The molecule has 1 saturated heterocycles. The molecule has 0 unspecified atom stereocenters. The van der Waals surface area contributed by atoms with Crippen LogP contribution in [0.3, 0.4) is 0 Å². The maximum atomic E-state index is 6.34. The van der Waals surface area contributed by atoms with Crippen molar-refractivity contribution in [2.45, 2.75) is 50.2 Å². The highest BCUT2D eigenvalue weighted by Crippen LogP contribution is 2.40. The monoisotopic (exact) mass is 381 g/mol. The molecule has 0 N–H and O–H groups in total. The summed E-state index contributed by atoms with van der Waals surface area (Å²) in [5, 5.41) is 4.16. The molecule has 1 saturated carbocycles. The Morgan fingerprint density at radius 2 is 1.93 bits per heavy atom. The van der Waals surface area contributed by atoms with Gasteiger partial charge in [-0.2, -0.15) is 4.98 Å². The summed E-state index contributed by atoms with van der Waals surface area (Å²) in [5.74, 6) is 3.18. The molecule has 2 aromatic heterocycles. The Kier molecular flexibility index (Phi) is 4.70. The molecule has 3 heterocycles. The number of aromatic nitrogens is 3. The summed E-state index contributed by atoms with van der Waals surface area (Å²) in [6, 6.07) is 10.1. The number of ether oxygens (including phenoxy) is 2. The molecule has 5 rings (SSSR count). The van der Waals surface area contributed by atoms with Gasteiger partial charge in [-0.15, -0.1) is 0 Å². The average Bonchev–Trinajstić information content (AvgIpc) is 3.30. The molecule has 0 atom stereocenters. The Bertz CT molecular complexity index is 911. The Balaban J connectivity index is 1.32. The Hall–Kier alpha value is -2.51. The molecule has 7 nitrogen and oxygen atoms in total. The zero-order chi connectivity index (χ0) is 18.8. The number of rotatable bonds is 7. The van der Waals surface area contributed by atoms with Crippen molar-refractivity contribution in [1.82, 2.24) is 15.1 Å². The fraction of sp³-hybridized carbons (Fsp3) is 0.476. The van der Waals surface area contributed by atoms with E-state index in [9.17, 15) is 0 Å². The lowest BCUT2D eigenvalue weighted by Crippen LogP contribution is -2.37. The van der Waals surface area contributed by atoms with E-state index >= 15 is 0 Å². The predicted molar refractivity (Wildman–Crippen MR) is 98.5 cm³/mol. The van der Waals surface area contributed by atoms with E-state index in [0.717, 1.165) is 30.1 Å². The van der Waals surface area contributed by atoms with Gasteiger partial charge in [-0.3, -0.25) is 0 Å². The summed E-state index contributed by atoms with van der Waals surface area (Å²) in [4.78, 5) is 8.99. The topological polar surface area (TPSA) is 83.4 Å². The highest BCUT2D eigenvalue weighted by Gasteiger charge is 2.41. The third-order valence-corrected chi connectivity index (χ3v) is 5.35. The van der Waals surface area contributed by atoms with Crippen molar-refractivity contribution < 1.29 is 18.4 Å². The first-order chi connectivity index (χ1) is 13.8. The molecule has 1 aliphatic carbocycles. The van der Waals surface area contributed by atoms with E-state index in [1.807, 2.05) is 30.3 Å². The van der Waals surface area contributed by atoms with Gasteiger partial charge in [-0.1, -0.05) is 35.5 Å². The lowest BCUT2D eigenvalue weighted by atomic mass is 9.93. The molecule has 1 aliphatic heterocycles. The molecule has 0 amide bonds. The van der Waals surface area contributed by atoms with Crippen molar-refractivity contribution in [2.75, 3.05) is 13.2 Å². The molecule has 0 bridgehead atoms. The van der Waals surface area contributed by atoms with Crippen LogP contribution in [-0.2, 0) is 28.1 Å². The van der Waals surface area contributed by atoms with Crippen LogP contribution in [0.2, 0.25) is 0 Å². The van der Waals surface area contributed by atoms with Crippen LogP contribution in [-0.4, -0.2) is 28.3 Å². The minimum atomic E-state index is -0.611. The first-order valence-corrected chi connectivity index (χ1v) is 9.84. The largest absolute Gasteiger partial charge is 0.445 e. The minimum absolute atomic E-state index is 0.467. The van der Waals surface area contributed by atoms with Gasteiger partial charge < -0.3 is 18.4 Å². The van der Waals surface area contributed by atoms with Gasteiger partial charge in [0.2, 0.25) is 0 Å². The van der Waals surface area contributed by atoms with E-state index in [2.05, 4.69) is 15.1 Å². The molecule has 2 aliphatic rings. The Morgan fingerprint density at radius 1 is 1.11 bits per heavy atom. The molecule has 7 heteroatoms. The van der Waals surface area contributed by atoms with E-state index in [1.165, 1.54) is 0 Å². The average molecular weight is 381 g/mol. The molecule has 28 heavy (non-hydrogen) atoms. The molecule has 146 valence electrons. The zero-order valence-corrected chi connectivity index (χ0v) is 15.7. The molecule has 1 aromatic carbocycles. The third-order valence-electron chi connectivity index (χ3n) is 5.35. The van der Waals surface area contributed by atoms with E-state index in [1.54, 1.807) is 6.20 Å². The molecular weight excluding hydrogens is 358 g/mol. The number of benzene rings is 1. The van der Waals surface area contributed by atoms with Crippen molar-refractivity contribution >= 4 is 0 Å². The second kappa shape index (κ2) is 7.48. The summed E-state index contributed by atoms with van der Waals surface area (Å²) in [7, 11) is 0. The van der Waals surface area contributed by atoms with Crippen molar-refractivity contribution in [3.63, 3.8) is 0 Å². The second-order valence-corrected chi connectivity index (χ2v) is 7.51. The standard InChI is InChI=1S/C21H23N3O4/c1-2-4-15(5-3-1)14-26-21(8-10-25-11-9-21)20-23-18(24-28-20)12-17-13-22-19(27-17)16-6-7-16/h1-5,13,16H,6-12,14H2. The molecule has 2 fully saturated rings. The van der Waals surface area contributed by atoms with Crippen molar-refractivity contribution in [3.05, 3.63) is 65.5 Å². The smallest absolute Gasteiger partial charge is 0.259 e. The van der Waals surface area contributed by atoms with E-state index < -0.39 is 5.60 Å². The number of hydrogen-bond acceptors (Lipinski definition) is 7. The zero-order valence-electron chi connectivity index (χ0n) is 15.7. The number of hydrogen-bond donors (Lipinski definition) is 0. The second-order valence-electron chi connectivity index (χ2n) is 7.51. The van der Waals surface area contributed by atoms with Gasteiger partial charge in [0.15, 0.2) is 17.3 Å². The maximum Gasteiger partial charge on any atom is 0.259 e. The highest BCUT2D eigenvalue weighted by molar-refractivity contribution is 5.14. The van der Waals surface area contributed by atoms with Crippen LogP contribution >= 0.6 is 0 Å². The van der Waals surface area contributed by atoms with Gasteiger partial charge >= 0.3 is 0 Å². The first kappa shape index (κ1) is 17.6. The molecular formula is C21H23N3O4. The molecule has 0 radical (unpaired) electrons. The highest BCUT2D eigenvalue weighted by atomic mass is 16.5. The Morgan fingerprint density at radius 3 is 2.71 bits per heavy atom. The third kappa shape index (κ3) is 3.72. The van der Waals surface area contributed by atoms with Crippen molar-refractivity contribution in [2.24, 2.45) is 0 Å². The summed E-state index contributed by atoms with van der Waals surface area (Å²) < 4.78 is 23.3. The number of oxazole rings is 1. The van der Waals surface area contributed by atoms with Crippen LogP contribution in [0.15, 0.2) is 45.5 Å². The molecule has 3 aromatic rings. The van der Waals surface area contributed by atoms with Gasteiger partial charge in [0.1, 0.15) is 5.76 Å². The van der Waals surface area contributed by atoms with Gasteiger partial charge in [0.05, 0.1) is 19.2 Å². The lowest BCUT2D eigenvalue weighted by molar-refractivity contribution is -0.139. The lowest BCUT2D eigenvalue weighted by Gasteiger charge is -2.33. The maximum absolute atomic E-state index is 6.34. The normalized spacial score (nSPS) is 19.0. The fourth-order valence-corrected chi connectivity index (χ4v) is 3.51. The van der Waals surface area contributed by atoms with Gasteiger partial charge in [0, 0.05) is 32.0 Å². The fourth-order valence-electron chi connectivity index (χ4n) is 3.51. The van der Waals surface area contributed by atoms with Crippen LogP contribution in [0.5, 0.6) is 0 Å². The van der Waals surface area contributed by atoms with Gasteiger partial charge in [0.25, 0.3) is 5.89 Å². The van der Waals surface area contributed by atoms with Crippen LogP contribution in [0.25, 0.3) is 0 Å². The SMILES string of the molecule is c1ccc(COC2(c3nc(Cc4cnc(C5CC5)o4)no3)CCOCC2)cc1. The first-order valence-electron chi connectivity index (χ1n) is 9.84. The van der Waals surface area contributed by atoms with Crippen LogP contribution in [0, 0.1) is 0 Å². The predicted octanol–water partition coefficient (Wildman–Crippen LogP) is 3.75. The summed E-state index contributed by atoms with van der Waals surface area (Å²) in [5.41, 5.74) is 0.502. The summed E-state index contributed by atoms with van der Waals surface area (Å²) in [6.07, 6.45) is 5.94. The molecule has 0 spiro atoms. The van der Waals surface area contributed by atoms with Crippen LogP contribution in [0.1, 0.15) is 60.5 Å². The van der Waals surface area contributed by atoms with Crippen molar-refractivity contribution in [1.29, 1.82) is 0 Å². The van der Waals surface area contributed by atoms with Crippen molar-refractivity contribution in [3.8, 4) is 0 Å². The van der Waals surface area contributed by atoms with Gasteiger partial charge in [-0.05, 0) is 18.4 Å².